The molecule has 0 amide bonds. The molecule has 1 heterocycles. The van der Waals surface area contributed by atoms with Crippen LogP contribution in [0, 0.1) is 10.1 Å². The van der Waals surface area contributed by atoms with Crippen LogP contribution in [-0.4, -0.2) is 34.6 Å². The summed E-state index contributed by atoms with van der Waals surface area (Å²) in [7, 11) is 1.58. The molecule has 0 saturated heterocycles. The Morgan fingerprint density at radius 3 is 2.89 bits per heavy atom. The summed E-state index contributed by atoms with van der Waals surface area (Å²) < 4.78 is 5.05. The van der Waals surface area contributed by atoms with Gasteiger partial charge in [0.15, 0.2) is 0 Å². The average molecular weight is 255 g/mol. The van der Waals surface area contributed by atoms with Crippen LogP contribution < -0.4 is 11.1 Å². The van der Waals surface area contributed by atoms with E-state index in [9.17, 15) is 10.1 Å². The zero-order valence-corrected chi connectivity index (χ0v) is 10.4. The van der Waals surface area contributed by atoms with E-state index in [1.54, 1.807) is 7.11 Å². The standard InChI is InChI=1S/C10H17N5O3/c1-3-4-7(5-18-2)14-10-8(15(16)17)9(11)12-6-13-10/h6-7H,3-5H2,1-2H3,(H3,11,12,13,14). The van der Waals surface area contributed by atoms with E-state index in [0.29, 0.717) is 6.61 Å². The lowest BCUT2D eigenvalue weighted by atomic mass is 10.2. The van der Waals surface area contributed by atoms with Crippen LogP contribution in [0.1, 0.15) is 19.8 Å². The second-order valence-corrected chi connectivity index (χ2v) is 3.80. The van der Waals surface area contributed by atoms with Gasteiger partial charge in [0.25, 0.3) is 0 Å². The first-order valence-corrected chi connectivity index (χ1v) is 5.60. The van der Waals surface area contributed by atoms with Gasteiger partial charge in [-0.15, -0.1) is 0 Å². The number of nitrogens with two attached hydrogens (primary N) is 1. The zero-order valence-electron chi connectivity index (χ0n) is 10.4. The number of nitrogen functional groups attached to an aromatic ring is 1. The molecule has 1 unspecified atom stereocenters. The van der Waals surface area contributed by atoms with Gasteiger partial charge in [-0.3, -0.25) is 10.1 Å². The fourth-order valence-electron chi connectivity index (χ4n) is 1.62. The smallest absolute Gasteiger partial charge is 0.352 e. The number of hydrogen-bond acceptors (Lipinski definition) is 7. The third-order valence-electron chi connectivity index (χ3n) is 2.38. The molecule has 0 aliphatic rings. The van der Waals surface area contributed by atoms with E-state index in [0.717, 1.165) is 12.8 Å². The van der Waals surface area contributed by atoms with E-state index in [4.69, 9.17) is 10.5 Å². The molecule has 0 aromatic carbocycles. The summed E-state index contributed by atoms with van der Waals surface area (Å²) in [5.41, 5.74) is 5.19. The largest absolute Gasteiger partial charge is 0.383 e. The highest BCUT2D eigenvalue weighted by atomic mass is 16.6. The third kappa shape index (κ3) is 3.52. The molecule has 1 aromatic rings. The SMILES string of the molecule is CCCC(COC)Nc1ncnc(N)c1[N+](=O)[O-]. The highest BCUT2D eigenvalue weighted by Gasteiger charge is 2.22. The van der Waals surface area contributed by atoms with Crippen LogP contribution in [-0.2, 0) is 4.74 Å². The van der Waals surface area contributed by atoms with Crippen LogP contribution in [0.3, 0.4) is 0 Å². The summed E-state index contributed by atoms with van der Waals surface area (Å²) in [6.07, 6.45) is 2.94. The lowest BCUT2D eigenvalue weighted by Crippen LogP contribution is -2.26. The molecular weight excluding hydrogens is 238 g/mol. The number of nitrogens with one attached hydrogen (secondary N) is 1. The highest BCUT2D eigenvalue weighted by Crippen LogP contribution is 2.27. The Morgan fingerprint density at radius 1 is 1.61 bits per heavy atom. The third-order valence-corrected chi connectivity index (χ3v) is 2.38. The van der Waals surface area contributed by atoms with E-state index < -0.39 is 4.92 Å². The minimum absolute atomic E-state index is 0.0481. The van der Waals surface area contributed by atoms with Crippen LogP contribution in [0.2, 0.25) is 0 Å². The fourth-order valence-corrected chi connectivity index (χ4v) is 1.62. The van der Waals surface area contributed by atoms with Gasteiger partial charge in [-0.2, -0.15) is 0 Å². The molecule has 3 N–H and O–H groups in total. The van der Waals surface area contributed by atoms with Gasteiger partial charge in [-0.1, -0.05) is 13.3 Å². The number of methoxy groups -OCH3 is 1. The Bertz CT molecular complexity index is 406. The monoisotopic (exact) mass is 255 g/mol. The lowest BCUT2D eigenvalue weighted by Gasteiger charge is -2.17. The van der Waals surface area contributed by atoms with Crippen LogP contribution in [0.5, 0.6) is 0 Å². The molecule has 8 nitrogen and oxygen atoms in total. The summed E-state index contributed by atoms with van der Waals surface area (Å²) in [4.78, 5) is 17.8. The molecule has 100 valence electrons. The van der Waals surface area contributed by atoms with Crippen LogP contribution in [0.4, 0.5) is 17.3 Å². The van der Waals surface area contributed by atoms with Crippen molar-refractivity contribution in [3.05, 3.63) is 16.4 Å². The second-order valence-electron chi connectivity index (χ2n) is 3.80. The molecule has 1 rings (SSSR count). The molecule has 1 aromatic heterocycles. The molecule has 0 aliphatic heterocycles. The summed E-state index contributed by atoms with van der Waals surface area (Å²) in [6, 6.07) is -0.0481. The summed E-state index contributed by atoms with van der Waals surface area (Å²) >= 11 is 0. The average Bonchev–Trinajstić information content (AvgIpc) is 2.29. The fraction of sp³-hybridized carbons (Fsp3) is 0.600. The Labute approximate surface area is 105 Å². The van der Waals surface area contributed by atoms with Crippen LogP contribution in [0.15, 0.2) is 6.33 Å². The molecule has 0 saturated carbocycles. The topological polar surface area (TPSA) is 116 Å². The van der Waals surface area contributed by atoms with Crippen molar-refractivity contribution < 1.29 is 9.66 Å². The highest BCUT2D eigenvalue weighted by molar-refractivity contribution is 5.67. The molecule has 0 aliphatic carbocycles. The second kappa shape index (κ2) is 6.70. The number of rotatable bonds is 7. The number of ether oxygens (including phenoxy) is 1. The lowest BCUT2D eigenvalue weighted by molar-refractivity contribution is -0.383. The van der Waals surface area contributed by atoms with Crippen LogP contribution >= 0.6 is 0 Å². The Kier molecular flexibility index (Phi) is 5.25. The summed E-state index contributed by atoms with van der Waals surface area (Å²) in [6.45, 7) is 2.46. The minimum atomic E-state index is -0.590. The van der Waals surface area contributed by atoms with E-state index >= 15 is 0 Å². The number of hydrogen-bond donors (Lipinski definition) is 2. The maximum Gasteiger partial charge on any atom is 0.352 e. The Balaban J connectivity index is 2.94. The van der Waals surface area contributed by atoms with Gasteiger partial charge in [0.1, 0.15) is 6.33 Å². The molecule has 0 radical (unpaired) electrons. The van der Waals surface area contributed by atoms with Gasteiger partial charge in [-0.05, 0) is 6.42 Å². The quantitative estimate of drug-likeness (QED) is 0.555. The van der Waals surface area contributed by atoms with Gasteiger partial charge in [0, 0.05) is 7.11 Å². The molecule has 0 spiro atoms. The van der Waals surface area contributed by atoms with Crippen molar-refractivity contribution in [1.82, 2.24) is 9.97 Å². The predicted molar refractivity (Wildman–Crippen MR) is 67.3 cm³/mol. The van der Waals surface area contributed by atoms with E-state index in [1.807, 2.05) is 6.92 Å². The maximum absolute atomic E-state index is 10.9. The normalized spacial score (nSPS) is 12.1. The van der Waals surface area contributed by atoms with Crippen molar-refractivity contribution in [2.24, 2.45) is 0 Å². The van der Waals surface area contributed by atoms with Gasteiger partial charge in [0.2, 0.25) is 11.6 Å². The molecular formula is C10H17N5O3. The molecule has 8 heteroatoms. The van der Waals surface area contributed by atoms with Gasteiger partial charge in [0.05, 0.1) is 17.6 Å². The van der Waals surface area contributed by atoms with Crippen molar-refractivity contribution >= 4 is 17.3 Å². The first kappa shape index (κ1) is 14.1. The predicted octanol–water partition coefficient (Wildman–Crippen LogP) is 1.19. The van der Waals surface area contributed by atoms with Crippen molar-refractivity contribution in [1.29, 1.82) is 0 Å². The van der Waals surface area contributed by atoms with E-state index in [-0.39, 0.29) is 23.4 Å². The molecule has 0 fully saturated rings. The maximum atomic E-state index is 10.9. The van der Waals surface area contributed by atoms with Crippen molar-refractivity contribution in [3.8, 4) is 0 Å². The molecule has 0 bridgehead atoms. The van der Waals surface area contributed by atoms with E-state index in [1.165, 1.54) is 6.33 Å². The first-order valence-electron chi connectivity index (χ1n) is 5.60. The molecule has 1 atom stereocenters. The van der Waals surface area contributed by atoms with E-state index in [2.05, 4.69) is 15.3 Å². The van der Waals surface area contributed by atoms with Crippen LogP contribution in [0.25, 0.3) is 0 Å². The van der Waals surface area contributed by atoms with Gasteiger partial charge < -0.3 is 15.8 Å². The Morgan fingerprint density at radius 2 is 2.33 bits per heavy atom. The number of nitro groups is 1. The number of nitrogens with zero attached hydrogens (tertiary/aromatic N) is 3. The number of aromatic nitrogens is 2. The van der Waals surface area contributed by atoms with Crippen molar-refractivity contribution in [3.63, 3.8) is 0 Å². The summed E-state index contributed by atoms with van der Waals surface area (Å²) in [5, 5.41) is 13.9. The van der Waals surface area contributed by atoms with Gasteiger partial charge >= 0.3 is 5.69 Å². The Hall–Kier alpha value is -1.96. The zero-order chi connectivity index (χ0) is 13.5. The first-order chi connectivity index (χ1) is 8.60. The van der Waals surface area contributed by atoms with Gasteiger partial charge in [-0.25, -0.2) is 9.97 Å². The van der Waals surface area contributed by atoms with Crippen molar-refractivity contribution in [2.45, 2.75) is 25.8 Å². The number of anilines is 2. The summed E-state index contributed by atoms with van der Waals surface area (Å²) in [5.74, 6) is -0.0202. The van der Waals surface area contributed by atoms with Crippen molar-refractivity contribution in [2.75, 3.05) is 24.8 Å². The molecule has 18 heavy (non-hydrogen) atoms. The minimum Gasteiger partial charge on any atom is -0.383 e.